The molecule has 36 heavy (non-hydrogen) atoms. The number of amides is 2. The summed E-state index contributed by atoms with van der Waals surface area (Å²) in [6.07, 6.45) is 2.43. The molecule has 2 unspecified atom stereocenters. The van der Waals surface area contributed by atoms with Gasteiger partial charge in [-0.1, -0.05) is 56.0 Å². The van der Waals surface area contributed by atoms with Crippen molar-refractivity contribution in [2.24, 2.45) is 0 Å². The first-order valence-electron chi connectivity index (χ1n) is 10.5. The monoisotopic (exact) mass is 562 g/mol. The van der Waals surface area contributed by atoms with Crippen LogP contribution in [-0.2, 0) is 29.2 Å². The second kappa shape index (κ2) is 17.6. The normalized spacial score (nSPS) is 18.5. The third kappa shape index (κ3) is 15.2. The van der Waals surface area contributed by atoms with E-state index in [9.17, 15) is 18.0 Å². The van der Waals surface area contributed by atoms with Gasteiger partial charge in [0.25, 0.3) is 9.05 Å². The van der Waals surface area contributed by atoms with Gasteiger partial charge in [0, 0.05) is 42.5 Å². The van der Waals surface area contributed by atoms with Crippen molar-refractivity contribution in [2.75, 3.05) is 13.1 Å². The summed E-state index contributed by atoms with van der Waals surface area (Å²) in [5.41, 5.74) is 1.34. The van der Waals surface area contributed by atoms with Crippen LogP contribution in [0.4, 0.5) is 0 Å². The van der Waals surface area contributed by atoms with Crippen LogP contribution < -0.4 is 10.6 Å². The molecule has 4 rings (SSSR count). The van der Waals surface area contributed by atoms with Crippen LogP contribution in [0.15, 0.2) is 65.6 Å². The molecule has 3 N–H and O–H groups in total. The SMILES string of the molecule is C.O=C1CCC(O)CN1.O=C1CCC(c2ccccc2)CN1.O=S(=O)(Cl)c1ccccc1.O=S(=O)=O. The molecule has 2 aromatic carbocycles. The number of hydrogen-bond donors (Lipinski definition) is 3. The van der Waals surface area contributed by atoms with Gasteiger partial charge >= 0.3 is 10.6 Å². The number of carbonyl (C=O) groups is 2. The summed E-state index contributed by atoms with van der Waals surface area (Å²) >= 11 is 0. The van der Waals surface area contributed by atoms with Crippen LogP contribution in [0.3, 0.4) is 0 Å². The molecule has 2 atom stereocenters. The van der Waals surface area contributed by atoms with Crippen molar-refractivity contribution >= 4 is 42.2 Å². The first kappa shape index (κ1) is 33.2. The molecule has 2 saturated heterocycles. The lowest BCUT2D eigenvalue weighted by Gasteiger charge is -2.22. The van der Waals surface area contributed by atoms with Crippen molar-refractivity contribution in [1.29, 1.82) is 0 Å². The Labute approximate surface area is 217 Å². The Morgan fingerprint density at radius 1 is 0.806 bits per heavy atom. The van der Waals surface area contributed by atoms with E-state index in [0.717, 1.165) is 13.0 Å². The number of aliphatic hydroxyl groups excluding tert-OH is 1. The summed E-state index contributed by atoms with van der Waals surface area (Å²) < 4.78 is 46.5. The molecule has 0 spiro atoms. The van der Waals surface area contributed by atoms with Gasteiger partial charge in [0.1, 0.15) is 0 Å². The van der Waals surface area contributed by atoms with E-state index in [4.69, 9.17) is 28.4 Å². The third-order valence-electron chi connectivity index (χ3n) is 4.80. The highest BCUT2D eigenvalue weighted by Crippen LogP contribution is 2.22. The molecule has 2 heterocycles. The van der Waals surface area contributed by atoms with E-state index in [-0.39, 0.29) is 30.2 Å². The van der Waals surface area contributed by atoms with E-state index >= 15 is 0 Å². The zero-order valence-electron chi connectivity index (χ0n) is 18.7. The van der Waals surface area contributed by atoms with Crippen molar-refractivity contribution in [1.82, 2.24) is 10.6 Å². The number of piperidine rings is 2. The van der Waals surface area contributed by atoms with Gasteiger partial charge in [-0.3, -0.25) is 9.59 Å². The molecule has 0 bridgehead atoms. The number of hydrogen-bond acceptors (Lipinski definition) is 8. The van der Waals surface area contributed by atoms with Crippen LogP contribution in [0, 0.1) is 0 Å². The summed E-state index contributed by atoms with van der Waals surface area (Å²) in [5, 5.41) is 14.2. The van der Waals surface area contributed by atoms with Crippen LogP contribution in [0.5, 0.6) is 0 Å². The standard InChI is InChI=1S/C11H13NO.C6H5ClO2S.C5H9NO2.CH4.O3S/c13-11-7-6-10(8-12-11)9-4-2-1-3-5-9;7-10(8,9)6-4-2-1-3-5-6;7-4-1-2-5(8)6-3-4;;1-4(2)3/h1-5,10H,6-8H2,(H,12,13);1-5H;4,7H,1-3H2,(H,6,8);1H4;. The molecule has 2 amide bonds. The lowest BCUT2D eigenvalue weighted by Crippen LogP contribution is -2.37. The van der Waals surface area contributed by atoms with E-state index in [2.05, 4.69) is 22.8 Å². The number of nitrogens with one attached hydrogen (secondary N) is 2. The van der Waals surface area contributed by atoms with Gasteiger partial charge in [0.15, 0.2) is 0 Å². The average Bonchev–Trinajstić information content (AvgIpc) is 2.83. The molecule has 2 aromatic rings. The Morgan fingerprint density at radius 2 is 1.25 bits per heavy atom. The Morgan fingerprint density at radius 3 is 1.58 bits per heavy atom. The second-order valence-electron chi connectivity index (χ2n) is 7.40. The van der Waals surface area contributed by atoms with Gasteiger partial charge in [0.05, 0.1) is 11.0 Å². The van der Waals surface area contributed by atoms with Crippen molar-refractivity contribution in [3.05, 3.63) is 66.2 Å². The molecule has 200 valence electrons. The Balaban J connectivity index is 0.000000480. The van der Waals surface area contributed by atoms with Crippen molar-refractivity contribution in [3.63, 3.8) is 0 Å². The van der Waals surface area contributed by atoms with Gasteiger partial charge in [-0.25, -0.2) is 8.42 Å². The zero-order valence-corrected chi connectivity index (χ0v) is 21.1. The first-order chi connectivity index (χ1) is 16.5. The van der Waals surface area contributed by atoms with E-state index in [1.165, 1.54) is 17.7 Å². The summed E-state index contributed by atoms with van der Waals surface area (Å²) in [5.74, 6) is 0.751. The molecule has 2 fully saturated rings. The third-order valence-corrected chi connectivity index (χ3v) is 6.17. The summed E-state index contributed by atoms with van der Waals surface area (Å²) in [7, 11) is -1.61. The van der Waals surface area contributed by atoms with Gasteiger partial charge in [-0.15, -0.1) is 12.6 Å². The molecular formula is C23H31ClN2O8S2. The fourth-order valence-electron chi connectivity index (χ4n) is 3.05. The largest absolute Gasteiger partial charge is 0.425 e. The lowest BCUT2D eigenvalue weighted by atomic mass is 9.92. The second-order valence-corrected chi connectivity index (χ2v) is 10.4. The molecule has 0 aromatic heterocycles. The van der Waals surface area contributed by atoms with Crippen molar-refractivity contribution in [3.8, 4) is 0 Å². The molecule has 2 aliphatic rings. The predicted octanol–water partition coefficient (Wildman–Crippen LogP) is 2.18. The Kier molecular flexibility index (Phi) is 16.2. The smallest absolute Gasteiger partial charge is 0.391 e. The topological polar surface area (TPSA) is 164 Å². The highest BCUT2D eigenvalue weighted by Gasteiger charge is 2.18. The average molecular weight is 563 g/mol. The zero-order chi connectivity index (χ0) is 26.3. The van der Waals surface area contributed by atoms with Gasteiger partial charge in [-0.05, 0) is 30.5 Å². The highest BCUT2D eigenvalue weighted by atomic mass is 35.7. The van der Waals surface area contributed by atoms with Gasteiger partial charge in [-0.2, -0.15) is 0 Å². The van der Waals surface area contributed by atoms with Crippen LogP contribution in [0.1, 0.15) is 44.6 Å². The van der Waals surface area contributed by atoms with E-state index in [1.807, 2.05) is 18.2 Å². The fraction of sp³-hybridized carbons (Fsp3) is 0.391. The Hall–Kier alpha value is -2.80. The fourth-order valence-corrected chi connectivity index (χ4v) is 3.84. The van der Waals surface area contributed by atoms with Crippen LogP contribution in [0.25, 0.3) is 0 Å². The Bertz CT molecular complexity index is 1120. The number of carbonyl (C=O) groups excluding carboxylic acids is 2. The summed E-state index contributed by atoms with van der Waals surface area (Å²) in [6, 6.07) is 18.2. The molecular weight excluding hydrogens is 532 g/mol. The minimum atomic E-state index is -3.53. The summed E-state index contributed by atoms with van der Waals surface area (Å²) in [4.78, 5) is 21.5. The van der Waals surface area contributed by atoms with E-state index in [1.54, 1.807) is 18.2 Å². The quantitative estimate of drug-likeness (QED) is 0.469. The number of rotatable bonds is 2. The van der Waals surface area contributed by atoms with Crippen LogP contribution >= 0.6 is 10.7 Å². The number of β-amino-alcohol motifs (C(OH)–C–C–N with tert-alkyl or cyclic N) is 1. The maximum absolute atomic E-state index is 10.9. The van der Waals surface area contributed by atoms with Crippen molar-refractivity contribution in [2.45, 2.75) is 50.0 Å². The lowest BCUT2D eigenvalue weighted by molar-refractivity contribution is -0.124. The van der Waals surface area contributed by atoms with Gasteiger partial charge < -0.3 is 15.7 Å². The maximum atomic E-state index is 10.9. The number of halogens is 1. The number of aliphatic hydroxyl groups is 1. The predicted molar refractivity (Wildman–Crippen MR) is 136 cm³/mol. The van der Waals surface area contributed by atoms with Gasteiger partial charge in [0.2, 0.25) is 11.8 Å². The van der Waals surface area contributed by atoms with E-state index < -0.39 is 19.7 Å². The molecule has 13 heteroatoms. The molecule has 2 aliphatic heterocycles. The molecule has 0 saturated carbocycles. The first-order valence-corrected chi connectivity index (χ1v) is 13.8. The molecule has 0 aliphatic carbocycles. The molecule has 0 radical (unpaired) electrons. The number of benzene rings is 2. The molecule has 10 nitrogen and oxygen atoms in total. The van der Waals surface area contributed by atoms with Crippen molar-refractivity contribution < 1.29 is 35.7 Å². The van der Waals surface area contributed by atoms with E-state index in [0.29, 0.717) is 31.7 Å². The highest BCUT2D eigenvalue weighted by molar-refractivity contribution is 8.13. The minimum Gasteiger partial charge on any atom is -0.391 e. The summed E-state index contributed by atoms with van der Waals surface area (Å²) in [6.45, 7) is 1.22. The van der Waals surface area contributed by atoms with Crippen LogP contribution in [0.2, 0.25) is 0 Å². The minimum absolute atomic E-state index is 0. The van der Waals surface area contributed by atoms with Crippen LogP contribution in [-0.4, -0.2) is 57.2 Å². The maximum Gasteiger partial charge on any atom is 0.425 e.